The largest absolute Gasteiger partial charge is 0.340 e. The normalized spacial score (nSPS) is 10.6. The number of pyridine rings is 1. The first kappa shape index (κ1) is 16.9. The molecule has 2 heterocycles. The molecule has 0 aliphatic rings. The van der Waals surface area contributed by atoms with Crippen LogP contribution in [0.1, 0.15) is 10.5 Å². The Hall–Kier alpha value is -3.51. The van der Waals surface area contributed by atoms with E-state index in [9.17, 15) is 4.79 Å². The van der Waals surface area contributed by atoms with Gasteiger partial charge in [-0.15, -0.1) is 0 Å². The highest BCUT2D eigenvalue weighted by Gasteiger charge is 2.11. The van der Waals surface area contributed by atoms with Gasteiger partial charge in [-0.2, -0.15) is 0 Å². The lowest BCUT2D eigenvalue weighted by Gasteiger charge is -2.09. The number of rotatable bonds is 4. The van der Waals surface area contributed by atoms with Crippen molar-refractivity contribution in [3.8, 4) is 0 Å². The van der Waals surface area contributed by atoms with Crippen LogP contribution >= 0.6 is 11.6 Å². The van der Waals surface area contributed by atoms with E-state index in [0.717, 1.165) is 16.6 Å². The third kappa shape index (κ3) is 3.86. The van der Waals surface area contributed by atoms with E-state index < -0.39 is 0 Å². The number of amides is 1. The van der Waals surface area contributed by atoms with Crippen LogP contribution in [-0.2, 0) is 0 Å². The minimum atomic E-state index is -0.343. The van der Waals surface area contributed by atoms with Crippen molar-refractivity contribution in [2.75, 3.05) is 10.6 Å². The van der Waals surface area contributed by atoms with E-state index in [-0.39, 0.29) is 11.6 Å². The Labute approximate surface area is 160 Å². The van der Waals surface area contributed by atoms with Gasteiger partial charge in [-0.25, -0.2) is 9.97 Å². The molecule has 0 unspecified atom stereocenters. The molecular formula is C20H14ClN5O. The molecule has 0 saturated heterocycles. The first-order chi connectivity index (χ1) is 13.2. The van der Waals surface area contributed by atoms with E-state index in [0.29, 0.717) is 16.5 Å². The molecule has 0 atom stereocenters. The number of para-hydroxylation sites is 1. The fraction of sp³-hybridized carbons (Fsp3) is 0. The fourth-order valence-electron chi connectivity index (χ4n) is 2.66. The lowest BCUT2D eigenvalue weighted by molar-refractivity contribution is 0.102. The first-order valence-electron chi connectivity index (χ1n) is 8.19. The zero-order valence-corrected chi connectivity index (χ0v) is 14.8. The van der Waals surface area contributed by atoms with Gasteiger partial charge in [-0.05, 0) is 30.3 Å². The van der Waals surface area contributed by atoms with Crippen molar-refractivity contribution in [2.24, 2.45) is 0 Å². The van der Waals surface area contributed by atoms with Gasteiger partial charge in [0.2, 0.25) is 0 Å². The van der Waals surface area contributed by atoms with Crippen molar-refractivity contribution in [2.45, 2.75) is 0 Å². The summed E-state index contributed by atoms with van der Waals surface area (Å²) in [6.45, 7) is 0. The van der Waals surface area contributed by atoms with Crippen molar-refractivity contribution < 1.29 is 4.79 Å². The van der Waals surface area contributed by atoms with Crippen molar-refractivity contribution in [3.05, 3.63) is 83.9 Å². The third-order valence-electron chi connectivity index (χ3n) is 3.88. The molecule has 6 nitrogen and oxygen atoms in total. The summed E-state index contributed by atoms with van der Waals surface area (Å²) in [4.78, 5) is 25.2. The average molecular weight is 376 g/mol. The van der Waals surface area contributed by atoms with Crippen LogP contribution < -0.4 is 10.6 Å². The predicted molar refractivity (Wildman–Crippen MR) is 106 cm³/mol. The minimum absolute atomic E-state index is 0.238. The molecule has 1 amide bonds. The van der Waals surface area contributed by atoms with E-state index in [1.54, 1.807) is 30.5 Å². The van der Waals surface area contributed by atoms with E-state index in [2.05, 4.69) is 25.6 Å². The molecule has 4 aromatic rings. The van der Waals surface area contributed by atoms with Gasteiger partial charge < -0.3 is 10.6 Å². The monoisotopic (exact) mass is 375 g/mol. The number of carbonyl (C=O) groups is 1. The molecule has 2 N–H and O–H groups in total. The molecule has 0 bridgehead atoms. The predicted octanol–water partition coefficient (Wildman–Crippen LogP) is 4.67. The summed E-state index contributed by atoms with van der Waals surface area (Å²) < 4.78 is 0. The van der Waals surface area contributed by atoms with Gasteiger partial charge in [0.15, 0.2) is 0 Å². The molecule has 0 radical (unpaired) electrons. The van der Waals surface area contributed by atoms with E-state index >= 15 is 0 Å². The molecule has 0 aliphatic heterocycles. The standard InChI is InChI=1S/C20H14ClN5O/c21-14-6-2-7-15(10-14)25-18-11-17(23-12-24-18)20(27)26-16-8-1-4-13-5-3-9-22-19(13)16/h1-12H,(H,26,27)(H,23,24,25). The molecule has 4 rings (SSSR count). The van der Waals surface area contributed by atoms with Crippen molar-refractivity contribution >= 4 is 45.6 Å². The lowest BCUT2D eigenvalue weighted by Crippen LogP contribution is -2.14. The van der Waals surface area contributed by atoms with Crippen LogP contribution in [0.5, 0.6) is 0 Å². The summed E-state index contributed by atoms with van der Waals surface area (Å²) in [5.41, 5.74) is 2.36. The molecule has 0 saturated carbocycles. The Morgan fingerprint density at radius 1 is 0.926 bits per heavy atom. The van der Waals surface area contributed by atoms with Gasteiger partial charge in [-0.3, -0.25) is 9.78 Å². The van der Waals surface area contributed by atoms with Gasteiger partial charge in [0, 0.05) is 28.4 Å². The van der Waals surface area contributed by atoms with Gasteiger partial charge in [0.1, 0.15) is 17.8 Å². The quantitative estimate of drug-likeness (QED) is 0.541. The maximum atomic E-state index is 12.6. The summed E-state index contributed by atoms with van der Waals surface area (Å²) in [6.07, 6.45) is 3.03. The zero-order chi connectivity index (χ0) is 18.6. The number of hydrogen-bond acceptors (Lipinski definition) is 5. The summed E-state index contributed by atoms with van der Waals surface area (Å²) in [6, 6.07) is 18.2. The Balaban J connectivity index is 1.57. The number of nitrogens with zero attached hydrogens (tertiary/aromatic N) is 3. The zero-order valence-electron chi connectivity index (χ0n) is 14.1. The Morgan fingerprint density at radius 2 is 1.78 bits per heavy atom. The van der Waals surface area contributed by atoms with Gasteiger partial charge in [-0.1, -0.05) is 35.9 Å². The smallest absolute Gasteiger partial charge is 0.274 e. The molecule has 0 fully saturated rings. The molecule has 2 aromatic heterocycles. The topological polar surface area (TPSA) is 79.8 Å². The molecule has 132 valence electrons. The Morgan fingerprint density at radius 3 is 2.67 bits per heavy atom. The SMILES string of the molecule is O=C(Nc1cccc2cccnc12)c1cc(Nc2cccc(Cl)c2)ncn1. The number of halogens is 1. The molecular weight excluding hydrogens is 362 g/mol. The van der Waals surface area contributed by atoms with E-state index in [4.69, 9.17) is 11.6 Å². The van der Waals surface area contributed by atoms with Crippen molar-refractivity contribution in [1.82, 2.24) is 15.0 Å². The number of aromatic nitrogens is 3. The van der Waals surface area contributed by atoms with Crippen LogP contribution in [0, 0.1) is 0 Å². The number of benzene rings is 2. The minimum Gasteiger partial charge on any atom is -0.340 e. The van der Waals surface area contributed by atoms with Gasteiger partial charge in [0.05, 0.1) is 11.2 Å². The van der Waals surface area contributed by atoms with Crippen LogP contribution in [0.15, 0.2) is 73.2 Å². The van der Waals surface area contributed by atoms with Crippen molar-refractivity contribution in [3.63, 3.8) is 0 Å². The maximum Gasteiger partial charge on any atom is 0.274 e. The molecule has 2 aromatic carbocycles. The van der Waals surface area contributed by atoms with Crippen LogP contribution in [0.2, 0.25) is 5.02 Å². The fourth-order valence-corrected chi connectivity index (χ4v) is 2.85. The highest BCUT2D eigenvalue weighted by atomic mass is 35.5. The first-order valence-corrected chi connectivity index (χ1v) is 8.56. The average Bonchev–Trinajstić information content (AvgIpc) is 2.68. The second kappa shape index (κ2) is 7.39. The molecule has 27 heavy (non-hydrogen) atoms. The van der Waals surface area contributed by atoms with Crippen molar-refractivity contribution in [1.29, 1.82) is 0 Å². The van der Waals surface area contributed by atoms with Crippen LogP contribution in [-0.4, -0.2) is 20.9 Å². The third-order valence-corrected chi connectivity index (χ3v) is 4.11. The van der Waals surface area contributed by atoms with Gasteiger partial charge >= 0.3 is 0 Å². The van der Waals surface area contributed by atoms with Crippen LogP contribution in [0.4, 0.5) is 17.2 Å². The molecule has 0 aliphatic carbocycles. The lowest BCUT2D eigenvalue weighted by atomic mass is 10.2. The summed E-state index contributed by atoms with van der Waals surface area (Å²) in [5.74, 6) is 0.151. The van der Waals surface area contributed by atoms with Gasteiger partial charge in [0.25, 0.3) is 5.91 Å². The van der Waals surface area contributed by atoms with Crippen LogP contribution in [0.25, 0.3) is 10.9 Å². The molecule has 7 heteroatoms. The number of carbonyl (C=O) groups excluding carboxylic acids is 1. The molecule has 0 spiro atoms. The number of nitrogens with one attached hydrogen (secondary N) is 2. The summed E-state index contributed by atoms with van der Waals surface area (Å²) in [7, 11) is 0. The number of fused-ring (bicyclic) bond motifs is 1. The maximum absolute atomic E-state index is 12.6. The number of anilines is 3. The highest BCUT2D eigenvalue weighted by Crippen LogP contribution is 2.22. The number of hydrogen-bond donors (Lipinski definition) is 2. The summed E-state index contributed by atoms with van der Waals surface area (Å²) in [5, 5.41) is 7.52. The highest BCUT2D eigenvalue weighted by molar-refractivity contribution is 6.30. The second-order valence-corrected chi connectivity index (χ2v) is 6.20. The Bertz CT molecular complexity index is 1130. The summed E-state index contributed by atoms with van der Waals surface area (Å²) >= 11 is 5.99. The Kier molecular flexibility index (Phi) is 4.63. The van der Waals surface area contributed by atoms with Crippen LogP contribution in [0.3, 0.4) is 0 Å². The second-order valence-electron chi connectivity index (χ2n) is 5.76. The van der Waals surface area contributed by atoms with E-state index in [1.165, 1.54) is 6.33 Å². The van der Waals surface area contributed by atoms with E-state index in [1.807, 2.05) is 36.4 Å².